The number of ether oxygens (including phenoxy) is 1. The summed E-state index contributed by atoms with van der Waals surface area (Å²) in [5, 5.41) is 7.89. The number of amides is 1. The maximum atomic E-state index is 12.4. The lowest BCUT2D eigenvalue weighted by Crippen LogP contribution is -2.30. The number of nitrogens with two attached hydrogens (primary N) is 1. The average molecular weight is 347 g/mol. The summed E-state index contributed by atoms with van der Waals surface area (Å²) < 4.78 is 28.4. The molecule has 8 heteroatoms. The molecule has 0 fully saturated rings. The molecule has 1 amide bonds. The van der Waals surface area contributed by atoms with Crippen LogP contribution in [0.1, 0.15) is 27.5 Å². The molecular formula is C16H17N3O4S. The van der Waals surface area contributed by atoms with E-state index in [9.17, 15) is 13.2 Å². The molecule has 126 valence electrons. The van der Waals surface area contributed by atoms with Crippen LogP contribution in [0.2, 0.25) is 0 Å². The van der Waals surface area contributed by atoms with Gasteiger partial charge in [0.2, 0.25) is 10.0 Å². The Bertz CT molecular complexity index is 896. The summed E-state index contributed by atoms with van der Waals surface area (Å²) in [7, 11) is -3.91. The lowest BCUT2D eigenvalue weighted by atomic mass is 10.0. The molecule has 7 nitrogen and oxygen atoms in total. The van der Waals surface area contributed by atoms with Crippen molar-refractivity contribution < 1.29 is 17.9 Å². The highest BCUT2D eigenvalue weighted by Crippen LogP contribution is 2.32. The highest BCUT2D eigenvalue weighted by molar-refractivity contribution is 7.89. The van der Waals surface area contributed by atoms with Crippen LogP contribution in [0.3, 0.4) is 0 Å². The first-order valence-corrected chi connectivity index (χ1v) is 8.90. The van der Waals surface area contributed by atoms with E-state index in [0.29, 0.717) is 18.8 Å². The molecule has 0 bridgehead atoms. The number of pyridine rings is 1. The van der Waals surface area contributed by atoms with Gasteiger partial charge >= 0.3 is 0 Å². The second kappa shape index (κ2) is 6.21. The standard InChI is InChI=1S/C16H17N3O4S/c1-10-14(6-12(8-18-10)24(17,21)22)16(20)19-7-11-9-23-15-5-3-2-4-13(11)15/h2-6,8,11H,7,9H2,1H3,(H,19,20)(H2,17,21,22). The molecule has 3 N–H and O–H groups in total. The molecule has 1 aromatic carbocycles. The third-order valence-corrected chi connectivity index (χ3v) is 4.82. The van der Waals surface area contributed by atoms with E-state index < -0.39 is 15.9 Å². The smallest absolute Gasteiger partial charge is 0.253 e. The molecule has 2 heterocycles. The fourth-order valence-corrected chi connectivity index (χ4v) is 3.09. The summed E-state index contributed by atoms with van der Waals surface area (Å²) in [4.78, 5) is 16.1. The van der Waals surface area contributed by atoms with E-state index in [1.807, 2.05) is 24.3 Å². The van der Waals surface area contributed by atoms with Gasteiger partial charge in [-0.15, -0.1) is 0 Å². The topological polar surface area (TPSA) is 111 Å². The maximum Gasteiger partial charge on any atom is 0.253 e. The number of carbonyl (C=O) groups excluding carboxylic acids is 1. The molecule has 0 aliphatic carbocycles. The number of sulfonamides is 1. The van der Waals surface area contributed by atoms with Gasteiger partial charge in [-0.2, -0.15) is 0 Å². The van der Waals surface area contributed by atoms with E-state index >= 15 is 0 Å². The fourth-order valence-electron chi connectivity index (χ4n) is 2.61. The molecule has 1 aliphatic rings. The van der Waals surface area contributed by atoms with Crippen LogP contribution in [-0.4, -0.2) is 32.5 Å². The fraction of sp³-hybridized carbons (Fsp3) is 0.250. The number of nitrogens with zero attached hydrogens (tertiary/aromatic N) is 1. The Morgan fingerprint density at radius 3 is 2.92 bits per heavy atom. The normalized spacial score (nSPS) is 16.3. The Balaban J connectivity index is 1.75. The number of para-hydroxylation sites is 1. The van der Waals surface area contributed by atoms with Gasteiger partial charge in [0.1, 0.15) is 10.6 Å². The first-order valence-electron chi connectivity index (χ1n) is 7.35. The summed E-state index contributed by atoms with van der Waals surface area (Å²) >= 11 is 0. The molecule has 0 radical (unpaired) electrons. The van der Waals surface area contributed by atoms with Crippen LogP contribution in [0.25, 0.3) is 0 Å². The van der Waals surface area contributed by atoms with E-state index in [1.165, 1.54) is 6.07 Å². The molecule has 0 saturated heterocycles. The van der Waals surface area contributed by atoms with Crippen molar-refractivity contribution in [1.29, 1.82) is 0 Å². The van der Waals surface area contributed by atoms with Gasteiger partial charge in [-0.1, -0.05) is 18.2 Å². The quantitative estimate of drug-likeness (QED) is 0.855. The zero-order valence-electron chi connectivity index (χ0n) is 13.0. The largest absolute Gasteiger partial charge is 0.493 e. The Morgan fingerprint density at radius 2 is 2.17 bits per heavy atom. The van der Waals surface area contributed by atoms with Gasteiger partial charge in [-0.3, -0.25) is 9.78 Å². The summed E-state index contributed by atoms with van der Waals surface area (Å²) in [5.41, 5.74) is 1.67. The van der Waals surface area contributed by atoms with Gasteiger partial charge in [-0.25, -0.2) is 13.6 Å². The number of nitrogens with one attached hydrogen (secondary N) is 1. The molecule has 1 atom stereocenters. The maximum absolute atomic E-state index is 12.4. The highest BCUT2D eigenvalue weighted by Gasteiger charge is 2.24. The van der Waals surface area contributed by atoms with Gasteiger partial charge < -0.3 is 10.1 Å². The van der Waals surface area contributed by atoms with Gasteiger partial charge in [0.25, 0.3) is 5.91 Å². The van der Waals surface area contributed by atoms with Gasteiger partial charge in [-0.05, 0) is 19.1 Å². The predicted octanol–water partition coefficient (Wildman–Crippen LogP) is 0.943. The Morgan fingerprint density at radius 1 is 1.42 bits per heavy atom. The highest BCUT2D eigenvalue weighted by atomic mass is 32.2. The zero-order chi connectivity index (χ0) is 17.3. The molecule has 1 aliphatic heterocycles. The number of rotatable bonds is 4. The zero-order valence-corrected chi connectivity index (χ0v) is 13.8. The number of fused-ring (bicyclic) bond motifs is 1. The number of aromatic nitrogens is 1. The van der Waals surface area contributed by atoms with E-state index in [4.69, 9.17) is 9.88 Å². The lowest BCUT2D eigenvalue weighted by molar-refractivity contribution is 0.0948. The van der Waals surface area contributed by atoms with Crippen LogP contribution in [0.15, 0.2) is 41.4 Å². The molecule has 1 unspecified atom stereocenters. The molecule has 2 aromatic rings. The van der Waals surface area contributed by atoms with E-state index in [1.54, 1.807) is 6.92 Å². The van der Waals surface area contributed by atoms with Crippen molar-refractivity contribution >= 4 is 15.9 Å². The van der Waals surface area contributed by atoms with Gasteiger partial charge in [0.05, 0.1) is 17.9 Å². The summed E-state index contributed by atoms with van der Waals surface area (Å²) in [6.45, 7) is 2.51. The van der Waals surface area contributed by atoms with E-state index in [-0.39, 0.29) is 16.4 Å². The second-order valence-corrected chi connectivity index (χ2v) is 7.17. The number of carbonyl (C=O) groups is 1. The third kappa shape index (κ3) is 3.24. The molecule has 3 rings (SSSR count). The van der Waals surface area contributed by atoms with Crippen LogP contribution in [0.5, 0.6) is 5.75 Å². The van der Waals surface area contributed by atoms with Crippen molar-refractivity contribution in [1.82, 2.24) is 10.3 Å². The molecule has 0 saturated carbocycles. The summed E-state index contributed by atoms with van der Waals surface area (Å²) in [5.74, 6) is 0.487. The van der Waals surface area contributed by atoms with Crippen molar-refractivity contribution in [3.63, 3.8) is 0 Å². The predicted molar refractivity (Wildman–Crippen MR) is 87.4 cm³/mol. The number of aryl methyl sites for hydroxylation is 1. The van der Waals surface area contributed by atoms with Crippen molar-refractivity contribution in [2.75, 3.05) is 13.2 Å². The Kier molecular flexibility index (Phi) is 4.25. The first kappa shape index (κ1) is 16.4. The average Bonchev–Trinajstić information content (AvgIpc) is 2.95. The number of benzene rings is 1. The van der Waals surface area contributed by atoms with Crippen molar-refractivity contribution in [2.24, 2.45) is 5.14 Å². The van der Waals surface area contributed by atoms with E-state index in [2.05, 4.69) is 10.3 Å². The van der Waals surface area contributed by atoms with Crippen LogP contribution in [0.4, 0.5) is 0 Å². The number of hydrogen-bond donors (Lipinski definition) is 2. The van der Waals surface area contributed by atoms with Crippen LogP contribution in [-0.2, 0) is 10.0 Å². The van der Waals surface area contributed by atoms with Crippen molar-refractivity contribution in [3.05, 3.63) is 53.3 Å². The van der Waals surface area contributed by atoms with Gasteiger partial charge in [0.15, 0.2) is 0 Å². The number of hydrogen-bond acceptors (Lipinski definition) is 5. The van der Waals surface area contributed by atoms with Gasteiger partial charge in [0, 0.05) is 24.2 Å². The van der Waals surface area contributed by atoms with Crippen molar-refractivity contribution in [2.45, 2.75) is 17.7 Å². The van der Waals surface area contributed by atoms with Crippen LogP contribution in [0, 0.1) is 6.92 Å². The van der Waals surface area contributed by atoms with Crippen molar-refractivity contribution in [3.8, 4) is 5.75 Å². The van der Waals surface area contributed by atoms with E-state index in [0.717, 1.165) is 17.5 Å². The minimum absolute atomic E-state index is 0.0554. The molecule has 1 aromatic heterocycles. The number of primary sulfonamides is 1. The van der Waals surface area contributed by atoms with Crippen LogP contribution < -0.4 is 15.2 Å². The lowest BCUT2D eigenvalue weighted by Gasteiger charge is -2.12. The summed E-state index contributed by atoms with van der Waals surface area (Å²) in [6.07, 6.45) is 1.14. The Labute approximate surface area is 139 Å². The van der Waals surface area contributed by atoms with Crippen LogP contribution >= 0.6 is 0 Å². The molecule has 0 spiro atoms. The minimum atomic E-state index is -3.91. The molecule has 24 heavy (non-hydrogen) atoms. The second-order valence-electron chi connectivity index (χ2n) is 5.60. The third-order valence-electron chi connectivity index (χ3n) is 3.94. The first-order chi connectivity index (χ1) is 11.4. The SMILES string of the molecule is Cc1ncc(S(N)(=O)=O)cc1C(=O)NCC1COc2ccccc21. The monoisotopic (exact) mass is 347 g/mol. The minimum Gasteiger partial charge on any atom is -0.493 e. The molecular weight excluding hydrogens is 330 g/mol. The Hall–Kier alpha value is -2.45. The summed E-state index contributed by atoms with van der Waals surface area (Å²) in [6, 6.07) is 8.92.